The van der Waals surface area contributed by atoms with E-state index in [9.17, 15) is 13.2 Å². The van der Waals surface area contributed by atoms with E-state index in [0.717, 1.165) is 22.1 Å². The fourth-order valence-electron chi connectivity index (χ4n) is 3.91. The van der Waals surface area contributed by atoms with Crippen LogP contribution < -0.4 is 10.3 Å². The molecule has 10 heteroatoms. The number of nitrogens with zero attached hydrogens (tertiary/aromatic N) is 3. The second-order valence-electron chi connectivity index (χ2n) is 8.38. The highest BCUT2D eigenvalue weighted by molar-refractivity contribution is 7.89. The first kappa shape index (κ1) is 23.9. The monoisotopic (exact) mass is 519 g/mol. The molecule has 182 valence electrons. The van der Waals surface area contributed by atoms with Crippen molar-refractivity contribution in [2.24, 2.45) is 0 Å². The van der Waals surface area contributed by atoms with E-state index in [2.05, 4.69) is 19.9 Å². The van der Waals surface area contributed by atoms with Gasteiger partial charge in [0.25, 0.3) is 5.56 Å². The molecule has 0 aliphatic carbocycles. The van der Waals surface area contributed by atoms with Gasteiger partial charge >= 0.3 is 0 Å². The Morgan fingerprint density at radius 1 is 0.944 bits per heavy atom. The second-order valence-corrected chi connectivity index (χ2v) is 10.6. The van der Waals surface area contributed by atoms with Crippen LogP contribution in [0.1, 0.15) is 22.4 Å². The zero-order valence-corrected chi connectivity index (χ0v) is 20.6. The molecular formula is C26H22ClN5O3S. The average molecular weight is 520 g/mol. The molecule has 0 saturated carbocycles. The molecule has 5 rings (SSSR count). The van der Waals surface area contributed by atoms with Gasteiger partial charge in [0.05, 0.1) is 24.3 Å². The number of hydrogen-bond acceptors (Lipinski definition) is 5. The fraction of sp³-hybridized carbons (Fsp3) is 0.115. The smallest absolute Gasteiger partial charge is 0.250 e. The minimum atomic E-state index is -3.80. The number of pyridine rings is 2. The summed E-state index contributed by atoms with van der Waals surface area (Å²) in [6.07, 6.45) is 5.26. The van der Waals surface area contributed by atoms with E-state index >= 15 is 0 Å². The molecular weight excluding hydrogens is 498 g/mol. The zero-order valence-electron chi connectivity index (χ0n) is 19.1. The zero-order chi connectivity index (χ0) is 25.1. The Kier molecular flexibility index (Phi) is 6.69. The summed E-state index contributed by atoms with van der Waals surface area (Å²) in [6, 6.07) is 19.8. The molecule has 2 N–H and O–H groups in total. The molecule has 0 aliphatic heterocycles. The summed E-state index contributed by atoms with van der Waals surface area (Å²) >= 11 is 6.07. The van der Waals surface area contributed by atoms with E-state index in [4.69, 9.17) is 11.6 Å². The highest BCUT2D eigenvalue weighted by atomic mass is 35.5. The topological polar surface area (TPSA) is 110 Å². The van der Waals surface area contributed by atoms with Crippen molar-refractivity contribution in [2.45, 2.75) is 24.4 Å². The van der Waals surface area contributed by atoms with E-state index in [0.29, 0.717) is 29.2 Å². The molecule has 0 amide bonds. The summed E-state index contributed by atoms with van der Waals surface area (Å²) in [6.45, 7) is 0.522. The molecule has 8 nitrogen and oxygen atoms in total. The van der Waals surface area contributed by atoms with Crippen molar-refractivity contribution in [3.05, 3.63) is 123 Å². The summed E-state index contributed by atoms with van der Waals surface area (Å²) in [4.78, 5) is 16.1. The Labute approximate surface area is 212 Å². The van der Waals surface area contributed by atoms with Crippen molar-refractivity contribution in [2.75, 3.05) is 0 Å². The molecule has 36 heavy (non-hydrogen) atoms. The van der Waals surface area contributed by atoms with Crippen molar-refractivity contribution >= 4 is 32.5 Å². The molecule has 0 spiro atoms. The van der Waals surface area contributed by atoms with Crippen molar-refractivity contribution in [1.82, 2.24) is 24.5 Å². The number of hydrogen-bond donors (Lipinski definition) is 2. The van der Waals surface area contributed by atoms with Gasteiger partial charge in [0.15, 0.2) is 0 Å². The molecule has 0 radical (unpaired) electrons. The van der Waals surface area contributed by atoms with Crippen LogP contribution in [0.25, 0.3) is 10.9 Å². The average Bonchev–Trinajstić information content (AvgIpc) is 3.28. The van der Waals surface area contributed by atoms with E-state index in [1.54, 1.807) is 47.3 Å². The predicted octanol–water partition coefficient (Wildman–Crippen LogP) is 3.89. The highest BCUT2D eigenvalue weighted by Crippen LogP contribution is 2.21. The van der Waals surface area contributed by atoms with Crippen molar-refractivity contribution in [3.8, 4) is 0 Å². The Balaban J connectivity index is 1.27. The SMILES string of the molecule is O=c1ccccn1Cc1ccc(Cc2cncc(S(=O)(=O)NCc3[nH]nc4ccc(Cl)cc34)c2)cc1. The summed E-state index contributed by atoms with van der Waals surface area (Å²) in [7, 11) is -3.80. The first-order valence-corrected chi connectivity index (χ1v) is 13.0. The van der Waals surface area contributed by atoms with Crippen LogP contribution in [0.15, 0.2) is 95.0 Å². The van der Waals surface area contributed by atoms with Crippen LogP contribution in [0.5, 0.6) is 0 Å². The lowest BCUT2D eigenvalue weighted by atomic mass is 10.0. The van der Waals surface area contributed by atoms with Gasteiger partial charge in [-0.15, -0.1) is 0 Å². The van der Waals surface area contributed by atoms with Gasteiger partial charge in [-0.05, 0) is 53.4 Å². The summed E-state index contributed by atoms with van der Waals surface area (Å²) in [5.41, 5.74) is 4.05. The number of fused-ring (bicyclic) bond motifs is 1. The summed E-state index contributed by atoms with van der Waals surface area (Å²) < 4.78 is 30.1. The highest BCUT2D eigenvalue weighted by Gasteiger charge is 2.17. The van der Waals surface area contributed by atoms with Crippen LogP contribution in [-0.4, -0.2) is 28.2 Å². The van der Waals surface area contributed by atoms with Gasteiger partial charge in [-0.25, -0.2) is 13.1 Å². The van der Waals surface area contributed by atoms with Crippen LogP contribution in [0.3, 0.4) is 0 Å². The molecule has 0 aliphatic rings. The van der Waals surface area contributed by atoms with Gasteiger partial charge in [-0.1, -0.05) is 41.9 Å². The number of benzene rings is 2. The molecule has 2 aromatic carbocycles. The number of aromatic nitrogens is 4. The maximum Gasteiger partial charge on any atom is 0.250 e. The van der Waals surface area contributed by atoms with Gasteiger partial charge in [0.1, 0.15) is 4.90 Å². The first-order chi connectivity index (χ1) is 17.4. The minimum Gasteiger partial charge on any atom is -0.311 e. The predicted molar refractivity (Wildman–Crippen MR) is 138 cm³/mol. The van der Waals surface area contributed by atoms with Crippen LogP contribution in [0.4, 0.5) is 0 Å². The normalized spacial score (nSPS) is 11.7. The lowest BCUT2D eigenvalue weighted by molar-refractivity contribution is 0.580. The first-order valence-electron chi connectivity index (χ1n) is 11.2. The van der Waals surface area contributed by atoms with Crippen molar-refractivity contribution in [3.63, 3.8) is 0 Å². The number of nitrogens with one attached hydrogen (secondary N) is 2. The molecule has 3 aromatic heterocycles. The van der Waals surface area contributed by atoms with Crippen molar-refractivity contribution in [1.29, 1.82) is 0 Å². The summed E-state index contributed by atoms with van der Waals surface area (Å²) in [5.74, 6) is 0. The van der Waals surface area contributed by atoms with E-state index in [1.807, 2.05) is 30.3 Å². The van der Waals surface area contributed by atoms with E-state index < -0.39 is 10.0 Å². The Hall–Kier alpha value is -3.79. The summed E-state index contributed by atoms with van der Waals surface area (Å²) in [5, 5.41) is 8.35. The van der Waals surface area contributed by atoms with Crippen LogP contribution in [0, 0.1) is 0 Å². The van der Waals surface area contributed by atoms with E-state index in [-0.39, 0.29) is 17.0 Å². The van der Waals surface area contributed by atoms with Crippen LogP contribution in [0.2, 0.25) is 5.02 Å². The minimum absolute atomic E-state index is 0.0371. The Morgan fingerprint density at radius 2 is 1.75 bits per heavy atom. The number of halogens is 1. The van der Waals surface area contributed by atoms with Gasteiger partial charge in [0, 0.05) is 35.1 Å². The second kappa shape index (κ2) is 10.1. The Bertz CT molecular complexity index is 1700. The third-order valence-electron chi connectivity index (χ3n) is 5.80. The number of aromatic amines is 1. The molecule has 0 atom stereocenters. The van der Waals surface area contributed by atoms with Gasteiger partial charge in [-0.3, -0.25) is 14.9 Å². The number of rotatable bonds is 8. The maximum atomic E-state index is 12.9. The lowest BCUT2D eigenvalue weighted by Crippen LogP contribution is -2.23. The fourth-order valence-corrected chi connectivity index (χ4v) is 5.09. The molecule has 5 aromatic rings. The maximum absolute atomic E-state index is 12.9. The van der Waals surface area contributed by atoms with Crippen molar-refractivity contribution < 1.29 is 8.42 Å². The quantitative estimate of drug-likeness (QED) is 0.323. The van der Waals surface area contributed by atoms with Gasteiger partial charge in [-0.2, -0.15) is 5.10 Å². The largest absolute Gasteiger partial charge is 0.311 e. The molecule has 3 heterocycles. The standard InChI is InChI=1S/C26H22ClN5O3S/c27-21-8-9-24-23(13-21)25(31-30-24)16-29-36(34,35)22-12-20(14-28-15-22)11-18-4-6-19(7-5-18)17-32-10-2-1-3-26(32)33/h1-10,12-15,29H,11,16-17H2,(H,30,31). The molecule has 0 bridgehead atoms. The molecule has 0 saturated heterocycles. The number of sulfonamides is 1. The van der Waals surface area contributed by atoms with E-state index in [1.165, 1.54) is 12.3 Å². The Morgan fingerprint density at radius 3 is 2.56 bits per heavy atom. The lowest BCUT2D eigenvalue weighted by Gasteiger charge is -2.09. The van der Waals surface area contributed by atoms with Gasteiger partial charge in [0.2, 0.25) is 10.0 Å². The van der Waals surface area contributed by atoms with Crippen LogP contribution in [-0.2, 0) is 29.5 Å². The molecule has 0 unspecified atom stereocenters. The molecule has 0 fully saturated rings. The van der Waals surface area contributed by atoms with Crippen LogP contribution >= 0.6 is 11.6 Å². The third kappa shape index (κ3) is 5.38. The number of H-pyrrole nitrogens is 1. The van der Waals surface area contributed by atoms with Gasteiger partial charge < -0.3 is 4.57 Å². The third-order valence-corrected chi connectivity index (χ3v) is 7.40.